The van der Waals surface area contributed by atoms with Crippen molar-refractivity contribution in [2.24, 2.45) is 5.41 Å². The van der Waals surface area contributed by atoms with Crippen LogP contribution < -0.4 is 4.74 Å². The van der Waals surface area contributed by atoms with Crippen molar-refractivity contribution in [3.63, 3.8) is 0 Å². The zero-order valence-electron chi connectivity index (χ0n) is 17.4. The van der Waals surface area contributed by atoms with E-state index in [0.29, 0.717) is 18.5 Å². The van der Waals surface area contributed by atoms with Crippen LogP contribution in [0.4, 0.5) is 0 Å². The molecule has 0 amide bonds. The molecular formula is C25H24N2O3. The van der Waals surface area contributed by atoms with Gasteiger partial charge in [-0.1, -0.05) is 32.0 Å². The van der Waals surface area contributed by atoms with Crippen LogP contribution in [-0.2, 0) is 9.59 Å². The zero-order chi connectivity index (χ0) is 21.3. The third-order valence-electron chi connectivity index (χ3n) is 5.31. The highest BCUT2D eigenvalue weighted by Crippen LogP contribution is 2.35. The number of hydrogen-bond donors (Lipinski definition) is 0. The van der Waals surface area contributed by atoms with Gasteiger partial charge in [-0.15, -0.1) is 0 Å². The Labute approximate surface area is 176 Å². The molecule has 5 nitrogen and oxygen atoms in total. The third kappa shape index (κ3) is 3.96. The van der Waals surface area contributed by atoms with E-state index in [-0.39, 0.29) is 22.6 Å². The van der Waals surface area contributed by atoms with Gasteiger partial charge in [0.2, 0.25) is 0 Å². The topological polar surface area (TPSA) is 61.2 Å². The number of rotatable bonds is 4. The molecule has 0 bridgehead atoms. The largest absolute Gasteiger partial charge is 0.497 e. The van der Waals surface area contributed by atoms with E-state index in [1.165, 1.54) is 0 Å². The molecule has 0 N–H and O–H groups in total. The average molecular weight is 400 g/mol. The molecule has 0 unspecified atom stereocenters. The fraction of sp³-hybridized carbons (Fsp3) is 0.240. The summed E-state index contributed by atoms with van der Waals surface area (Å²) >= 11 is 0. The number of methoxy groups -OCH3 is 1. The Morgan fingerprint density at radius 2 is 1.60 bits per heavy atom. The van der Waals surface area contributed by atoms with Gasteiger partial charge in [0.1, 0.15) is 5.75 Å². The number of ether oxygens (including phenoxy) is 1. The highest BCUT2D eigenvalue weighted by molar-refractivity contribution is 6.25. The van der Waals surface area contributed by atoms with E-state index in [1.807, 2.05) is 74.6 Å². The van der Waals surface area contributed by atoms with Crippen molar-refractivity contribution >= 4 is 17.6 Å². The fourth-order valence-corrected chi connectivity index (χ4v) is 3.77. The molecule has 0 saturated heterocycles. The normalized spacial score (nSPS) is 15.9. The van der Waals surface area contributed by atoms with Gasteiger partial charge >= 0.3 is 0 Å². The number of Topliss-reactive ketones (excluding diaryl/α,β-unsaturated/α-hetero) is 2. The van der Waals surface area contributed by atoms with Crippen LogP contribution in [0, 0.1) is 5.41 Å². The molecule has 152 valence electrons. The zero-order valence-corrected chi connectivity index (χ0v) is 17.4. The van der Waals surface area contributed by atoms with E-state index in [1.54, 1.807) is 17.9 Å². The minimum Gasteiger partial charge on any atom is -0.497 e. The predicted molar refractivity (Wildman–Crippen MR) is 117 cm³/mol. The Morgan fingerprint density at radius 1 is 0.967 bits per heavy atom. The van der Waals surface area contributed by atoms with Crippen LogP contribution in [0.15, 0.2) is 66.4 Å². The van der Waals surface area contributed by atoms with Crippen molar-refractivity contribution in [3.05, 3.63) is 71.9 Å². The molecule has 1 aliphatic rings. The fourth-order valence-electron chi connectivity index (χ4n) is 3.77. The molecule has 4 rings (SSSR count). The first kappa shape index (κ1) is 19.8. The Hall–Kier alpha value is -3.47. The Kier molecular flexibility index (Phi) is 5.12. The van der Waals surface area contributed by atoms with E-state index < -0.39 is 0 Å². The van der Waals surface area contributed by atoms with E-state index >= 15 is 0 Å². The number of benzene rings is 2. The molecule has 1 saturated carbocycles. The molecule has 3 aromatic rings. The van der Waals surface area contributed by atoms with Crippen LogP contribution in [0.2, 0.25) is 0 Å². The summed E-state index contributed by atoms with van der Waals surface area (Å²) in [5, 5.41) is 4.76. The van der Waals surface area contributed by atoms with Crippen molar-refractivity contribution in [1.29, 1.82) is 0 Å². The molecule has 1 aliphatic carbocycles. The van der Waals surface area contributed by atoms with Crippen molar-refractivity contribution in [2.45, 2.75) is 26.7 Å². The average Bonchev–Trinajstić information content (AvgIpc) is 3.15. The molecule has 5 heteroatoms. The Balaban J connectivity index is 1.82. The molecule has 0 radical (unpaired) electrons. The van der Waals surface area contributed by atoms with Gasteiger partial charge in [0.15, 0.2) is 11.6 Å². The van der Waals surface area contributed by atoms with Gasteiger partial charge in [0.05, 0.1) is 24.1 Å². The maximum atomic E-state index is 12.7. The summed E-state index contributed by atoms with van der Waals surface area (Å²) < 4.78 is 7.02. The van der Waals surface area contributed by atoms with Crippen molar-refractivity contribution in [3.8, 4) is 22.7 Å². The summed E-state index contributed by atoms with van der Waals surface area (Å²) in [6.07, 6.45) is 4.30. The van der Waals surface area contributed by atoms with Crippen LogP contribution in [0.5, 0.6) is 5.75 Å². The third-order valence-corrected chi connectivity index (χ3v) is 5.31. The Morgan fingerprint density at radius 3 is 2.20 bits per heavy atom. The van der Waals surface area contributed by atoms with Crippen LogP contribution in [0.1, 0.15) is 32.3 Å². The lowest BCUT2D eigenvalue weighted by molar-refractivity contribution is -0.127. The molecule has 1 aromatic heterocycles. The number of allylic oxidation sites excluding steroid dienone is 1. The monoisotopic (exact) mass is 400 g/mol. The summed E-state index contributed by atoms with van der Waals surface area (Å²) in [7, 11) is 1.62. The maximum absolute atomic E-state index is 12.7. The van der Waals surface area contributed by atoms with Crippen molar-refractivity contribution < 1.29 is 14.3 Å². The number of aromatic nitrogens is 2. The van der Waals surface area contributed by atoms with E-state index in [0.717, 1.165) is 22.6 Å². The van der Waals surface area contributed by atoms with Gasteiger partial charge in [-0.3, -0.25) is 9.59 Å². The van der Waals surface area contributed by atoms with Gasteiger partial charge in [-0.05, 0) is 47.9 Å². The van der Waals surface area contributed by atoms with Crippen LogP contribution in [-0.4, -0.2) is 28.5 Å². The smallest absolute Gasteiger partial charge is 0.167 e. The highest BCUT2D eigenvalue weighted by atomic mass is 16.5. The van der Waals surface area contributed by atoms with E-state index in [9.17, 15) is 9.59 Å². The molecule has 0 aliphatic heterocycles. The first-order valence-corrected chi connectivity index (χ1v) is 9.94. The second kappa shape index (κ2) is 7.75. The number of ketones is 2. The second-order valence-electron chi connectivity index (χ2n) is 8.36. The predicted octanol–water partition coefficient (Wildman–Crippen LogP) is 4.89. The number of carbonyl (C=O) groups is 2. The van der Waals surface area contributed by atoms with Crippen molar-refractivity contribution in [2.75, 3.05) is 7.11 Å². The summed E-state index contributed by atoms with van der Waals surface area (Å²) in [5.74, 6) is 0.537. The number of para-hydroxylation sites is 1. The minimum absolute atomic E-state index is 0.107. The molecular weight excluding hydrogens is 376 g/mol. The quantitative estimate of drug-likeness (QED) is 0.462. The molecule has 1 fully saturated rings. The van der Waals surface area contributed by atoms with E-state index in [4.69, 9.17) is 9.84 Å². The first-order chi connectivity index (χ1) is 14.4. The second-order valence-corrected chi connectivity index (χ2v) is 8.36. The molecule has 0 spiro atoms. The summed E-state index contributed by atoms with van der Waals surface area (Å²) in [6.45, 7) is 3.91. The van der Waals surface area contributed by atoms with Gasteiger partial charge in [-0.25, -0.2) is 4.68 Å². The molecule has 30 heavy (non-hydrogen) atoms. The lowest BCUT2D eigenvalue weighted by Crippen LogP contribution is -2.31. The number of hydrogen-bond acceptors (Lipinski definition) is 4. The van der Waals surface area contributed by atoms with E-state index in [2.05, 4.69) is 0 Å². The summed E-state index contributed by atoms with van der Waals surface area (Å²) in [6, 6.07) is 17.3. The Bertz CT molecular complexity index is 1100. The lowest BCUT2D eigenvalue weighted by Gasteiger charge is -2.28. The lowest BCUT2D eigenvalue weighted by atomic mass is 9.74. The van der Waals surface area contributed by atoms with Crippen LogP contribution >= 0.6 is 0 Å². The molecule has 0 atom stereocenters. The van der Waals surface area contributed by atoms with Gasteiger partial charge in [0, 0.05) is 30.2 Å². The highest BCUT2D eigenvalue weighted by Gasteiger charge is 2.35. The maximum Gasteiger partial charge on any atom is 0.167 e. The number of nitrogens with zero attached hydrogens (tertiary/aromatic N) is 2. The van der Waals surface area contributed by atoms with Crippen LogP contribution in [0.3, 0.4) is 0 Å². The SMILES string of the molecule is COc1ccc(-c2nn(-c3ccccc3)cc2C=C2C(=O)CC(C)(C)CC2=O)cc1. The van der Waals surface area contributed by atoms with Gasteiger partial charge < -0.3 is 4.74 Å². The van der Waals surface area contributed by atoms with Crippen molar-refractivity contribution in [1.82, 2.24) is 9.78 Å². The van der Waals surface area contributed by atoms with Gasteiger partial charge in [0.25, 0.3) is 0 Å². The number of carbonyl (C=O) groups excluding carboxylic acids is 2. The van der Waals surface area contributed by atoms with Gasteiger partial charge in [-0.2, -0.15) is 5.10 Å². The minimum atomic E-state index is -0.293. The molecule has 2 aromatic carbocycles. The van der Waals surface area contributed by atoms with Crippen LogP contribution in [0.25, 0.3) is 23.0 Å². The first-order valence-electron chi connectivity index (χ1n) is 9.94. The molecule has 1 heterocycles. The summed E-state index contributed by atoms with van der Waals surface area (Å²) in [4.78, 5) is 25.4. The standard InChI is InChI=1S/C25H24N2O3/c1-25(2)14-22(28)21(23(29)15-25)13-18-16-27(19-7-5-4-6-8-19)26-24(18)17-9-11-20(30-3)12-10-17/h4-13,16H,14-15H2,1-3H3. The summed E-state index contributed by atoms with van der Waals surface area (Å²) in [5.41, 5.74) is 3.20.